The van der Waals surface area contributed by atoms with Crippen LogP contribution in [0.1, 0.15) is 26.2 Å². The molecule has 1 unspecified atom stereocenters. The van der Waals surface area contributed by atoms with E-state index in [2.05, 4.69) is 5.32 Å². The molecular formula is C10H17NO3S. The smallest absolute Gasteiger partial charge is 0.325 e. The monoisotopic (exact) mass is 231 g/mol. The fourth-order valence-corrected chi connectivity index (χ4v) is 2.75. The zero-order valence-electron chi connectivity index (χ0n) is 8.86. The predicted molar refractivity (Wildman–Crippen MR) is 59.9 cm³/mol. The molecule has 0 radical (unpaired) electrons. The normalized spacial score (nSPS) is 23.1. The first kappa shape index (κ1) is 12.4. The minimum absolute atomic E-state index is 0.141. The lowest BCUT2D eigenvalue weighted by Crippen LogP contribution is -2.39. The van der Waals surface area contributed by atoms with Crippen molar-refractivity contribution in [3.63, 3.8) is 0 Å². The van der Waals surface area contributed by atoms with Crippen molar-refractivity contribution >= 4 is 23.6 Å². The molecule has 1 fully saturated rings. The molecule has 0 aromatic rings. The van der Waals surface area contributed by atoms with Crippen molar-refractivity contribution in [1.82, 2.24) is 5.32 Å². The molecule has 5 heteroatoms. The molecule has 1 aliphatic heterocycles. The number of rotatable bonds is 4. The Bertz CT molecular complexity index is 239. The van der Waals surface area contributed by atoms with Crippen LogP contribution in [0, 0.1) is 5.92 Å². The molecule has 0 spiro atoms. The van der Waals surface area contributed by atoms with Crippen LogP contribution in [0.5, 0.6) is 0 Å². The summed E-state index contributed by atoms with van der Waals surface area (Å²) in [6, 6.07) is -0.784. The highest BCUT2D eigenvalue weighted by Crippen LogP contribution is 2.24. The van der Waals surface area contributed by atoms with Gasteiger partial charge in [-0.25, -0.2) is 0 Å². The standard InChI is InChI=1S/C10H17NO3S/c1-7(10(13)14)11-9(12)5-8-3-2-4-15-6-8/h7-8H,2-6H2,1H3,(H,11,12)(H,13,14)/t7-,8?/m0/s1. The van der Waals surface area contributed by atoms with E-state index < -0.39 is 12.0 Å². The van der Waals surface area contributed by atoms with Crippen molar-refractivity contribution in [3.8, 4) is 0 Å². The summed E-state index contributed by atoms with van der Waals surface area (Å²) < 4.78 is 0. The second-order valence-electron chi connectivity index (χ2n) is 3.91. The van der Waals surface area contributed by atoms with E-state index in [1.807, 2.05) is 11.8 Å². The van der Waals surface area contributed by atoms with E-state index >= 15 is 0 Å². The zero-order valence-corrected chi connectivity index (χ0v) is 9.68. The first-order valence-corrected chi connectivity index (χ1v) is 6.35. The highest BCUT2D eigenvalue weighted by atomic mass is 32.2. The van der Waals surface area contributed by atoms with Crippen LogP contribution >= 0.6 is 11.8 Å². The maximum Gasteiger partial charge on any atom is 0.325 e. The topological polar surface area (TPSA) is 66.4 Å². The molecule has 0 bridgehead atoms. The minimum Gasteiger partial charge on any atom is -0.480 e. The Morgan fingerprint density at radius 1 is 1.60 bits per heavy atom. The summed E-state index contributed by atoms with van der Waals surface area (Å²) in [6.07, 6.45) is 2.71. The van der Waals surface area contributed by atoms with E-state index in [4.69, 9.17) is 5.11 Å². The van der Waals surface area contributed by atoms with Gasteiger partial charge in [0.2, 0.25) is 5.91 Å². The van der Waals surface area contributed by atoms with Gasteiger partial charge < -0.3 is 10.4 Å². The van der Waals surface area contributed by atoms with Crippen molar-refractivity contribution < 1.29 is 14.7 Å². The van der Waals surface area contributed by atoms with Crippen molar-refractivity contribution in [3.05, 3.63) is 0 Å². The molecule has 0 aliphatic carbocycles. The van der Waals surface area contributed by atoms with Gasteiger partial charge in [0, 0.05) is 6.42 Å². The van der Waals surface area contributed by atoms with Gasteiger partial charge in [0.15, 0.2) is 0 Å². The van der Waals surface area contributed by atoms with Crippen LogP contribution in [0.4, 0.5) is 0 Å². The molecule has 1 heterocycles. The van der Waals surface area contributed by atoms with Gasteiger partial charge >= 0.3 is 5.97 Å². The quantitative estimate of drug-likeness (QED) is 0.760. The molecule has 4 nitrogen and oxygen atoms in total. The predicted octanol–water partition coefficient (Wildman–Crippen LogP) is 1.11. The molecule has 2 atom stereocenters. The van der Waals surface area contributed by atoms with Gasteiger partial charge in [0.25, 0.3) is 0 Å². The Labute approximate surface area is 93.8 Å². The van der Waals surface area contributed by atoms with E-state index in [0.29, 0.717) is 12.3 Å². The number of nitrogens with one attached hydrogen (secondary N) is 1. The molecule has 0 saturated carbocycles. The summed E-state index contributed by atoms with van der Waals surface area (Å²) >= 11 is 1.87. The van der Waals surface area contributed by atoms with Crippen LogP contribution in [0.2, 0.25) is 0 Å². The molecule has 2 N–H and O–H groups in total. The Balaban J connectivity index is 2.25. The van der Waals surface area contributed by atoms with Gasteiger partial charge in [-0.05, 0) is 37.2 Å². The average Bonchev–Trinajstić information content (AvgIpc) is 2.18. The second kappa shape index (κ2) is 6.00. The van der Waals surface area contributed by atoms with E-state index in [0.717, 1.165) is 18.6 Å². The van der Waals surface area contributed by atoms with Crippen LogP contribution in [0.3, 0.4) is 0 Å². The third kappa shape index (κ3) is 4.55. The van der Waals surface area contributed by atoms with E-state index in [1.165, 1.54) is 12.7 Å². The highest BCUT2D eigenvalue weighted by molar-refractivity contribution is 7.99. The van der Waals surface area contributed by atoms with Crippen molar-refractivity contribution in [2.75, 3.05) is 11.5 Å². The number of carboxylic acid groups (broad SMARTS) is 1. The van der Waals surface area contributed by atoms with Crippen LogP contribution < -0.4 is 5.32 Å². The number of hydrogen-bond acceptors (Lipinski definition) is 3. The minimum atomic E-state index is -0.985. The first-order chi connectivity index (χ1) is 7.09. The second-order valence-corrected chi connectivity index (χ2v) is 5.06. The lowest BCUT2D eigenvalue weighted by Gasteiger charge is -2.21. The average molecular weight is 231 g/mol. The highest BCUT2D eigenvalue weighted by Gasteiger charge is 2.19. The number of aliphatic carboxylic acids is 1. The number of amides is 1. The Hall–Kier alpha value is -0.710. The van der Waals surface area contributed by atoms with E-state index in [9.17, 15) is 9.59 Å². The summed E-state index contributed by atoms with van der Waals surface area (Å²) in [5.41, 5.74) is 0. The van der Waals surface area contributed by atoms with Gasteiger partial charge in [-0.1, -0.05) is 0 Å². The van der Waals surface area contributed by atoms with Crippen molar-refractivity contribution in [2.24, 2.45) is 5.92 Å². The van der Waals surface area contributed by atoms with E-state index in [-0.39, 0.29) is 5.91 Å². The van der Waals surface area contributed by atoms with Crippen LogP contribution in [0.15, 0.2) is 0 Å². The number of hydrogen-bond donors (Lipinski definition) is 2. The maximum atomic E-state index is 11.4. The van der Waals surface area contributed by atoms with Crippen molar-refractivity contribution in [2.45, 2.75) is 32.2 Å². The summed E-state index contributed by atoms with van der Waals surface area (Å²) in [5.74, 6) is 1.50. The number of carboxylic acids is 1. The van der Waals surface area contributed by atoms with Gasteiger partial charge in [-0.15, -0.1) is 0 Å². The van der Waals surface area contributed by atoms with Gasteiger partial charge in [-0.2, -0.15) is 11.8 Å². The van der Waals surface area contributed by atoms with Gasteiger partial charge in [0.1, 0.15) is 6.04 Å². The third-order valence-corrected chi connectivity index (χ3v) is 3.76. The summed E-state index contributed by atoms with van der Waals surface area (Å²) in [6.45, 7) is 1.48. The fourth-order valence-electron chi connectivity index (χ4n) is 1.59. The molecule has 1 rings (SSSR count). The fraction of sp³-hybridized carbons (Fsp3) is 0.800. The lowest BCUT2D eigenvalue weighted by molar-refractivity contribution is -0.141. The van der Waals surface area contributed by atoms with Crippen LogP contribution in [0.25, 0.3) is 0 Å². The Kier molecular flexibility index (Phi) is 4.94. The SMILES string of the molecule is C[C@H](NC(=O)CC1CCCSC1)C(=O)O. The molecule has 1 aliphatic rings. The Morgan fingerprint density at radius 2 is 2.33 bits per heavy atom. The molecule has 86 valence electrons. The number of thioether (sulfide) groups is 1. The number of carbonyl (C=O) groups is 2. The molecule has 15 heavy (non-hydrogen) atoms. The molecule has 1 saturated heterocycles. The summed E-state index contributed by atoms with van der Waals surface area (Å²) in [4.78, 5) is 22.0. The third-order valence-electron chi connectivity index (χ3n) is 2.48. The molecular weight excluding hydrogens is 214 g/mol. The first-order valence-electron chi connectivity index (χ1n) is 5.19. The van der Waals surface area contributed by atoms with Gasteiger partial charge in [0.05, 0.1) is 0 Å². The van der Waals surface area contributed by atoms with E-state index in [1.54, 1.807) is 0 Å². The van der Waals surface area contributed by atoms with Crippen LogP contribution in [-0.2, 0) is 9.59 Å². The zero-order chi connectivity index (χ0) is 11.3. The molecule has 1 amide bonds. The molecule has 0 aromatic heterocycles. The number of carbonyl (C=O) groups excluding carboxylic acids is 1. The molecule has 0 aromatic carbocycles. The summed E-state index contributed by atoms with van der Waals surface area (Å²) in [5, 5.41) is 11.1. The lowest BCUT2D eigenvalue weighted by atomic mass is 10.0. The largest absolute Gasteiger partial charge is 0.480 e. The Morgan fingerprint density at radius 3 is 2.87 bits per heavy atom. The van der Waals surface area contributed by atoms with Crippen molar-refractivity contribution in [1.29, 1.82) is 0 Å². The van der Waals surface area contributed by atoms with Gasteiger partial charge in [-0.3, -0.25) is 9.59 Å². The maximum absolute atomic E-state index is 11.4. The summed E-state index contributed by atoms with van der Waals surface area (Å²) in [7, 11) is 0. The van der Waals surface area contributed by atoms with Crippen LogP contribution in [-0.4, -0.2) is 34.5 Å².